The maximum Gasteiger partial charge on any atom is 0.329 e. The van der Waals surface area contributed by atoms with Crippen LogP contribution in [0.2, 0.25) is 0 Å². The Bertz CT molecular complexity index is 4230. The fourth-order valence-corrected chi connectivity index (χ4v) is 12.3. The Kier molecular flexibility index (Phi) is 41.1. The highest BCUT2D eigenvalue weighted by molar-refractivity contribution is 6.05. The normalized spacial score (nSPS) is 20.8. The average molecular weight is 1690 g/mol. The van der Waals surface area contributed by atoms with Crippen molar-refractivity contribution in [3.63, 3.8) is 0 Å². The number of hydrogen-bond acceptors (Lipinski definition) is 25. The van der Waals surface area contributed by atoms with E-state index in [0.717, 1.165) is 46.0 Å². The number of nitrogen functional groups attached to an aromatic ring is 1. The molecule has 1 fully saturated rings. The number of aliphatic hydroxyl groups is 1. The molecule has 120 heavy (non-hydrogen) atoms. The predicted molar refractivity (Wildman–Crippen MR) is 418 cm³/mol. The number of anilines is 1. The SMILES string of the molecule is CC(C)CCCCCCCCC(=O)NC(Cc1c[nH]c2ccccc12)C(=O)NC(CC(N)=O)C(=O)NC(CC(=O)O)C(=O)NC1C(=O)NCC(=O)NC(CCCN)C(=O)NC(CC(=O)O)C(=O)NC(CC(N)=O)C(=O)NC(CC(=O)O)C(=O)NCC(=O)NC(CO)C(=O)NC(C(C)CC(=O)O)C(=O)NC(CC(=O)c2ccccc2N)C(=O)OC1C. The first-order valence-corrected chi connectivity index (χ1v) is 38.4. The summed E-state index contributed by atoms with van der Waals surface area (Å²) < 4.78 is 5.68. The lowest BCUT2D eigenvalue weighted by molar-refractivity contribution is -0.156. The van der Waals surface area contributed by atoms with Gasteiger partial charge in [0.2, 0.25) is 88.6 Å². The zero-order valence-electron chi connectivity index (χ0n) is 66.4. The minimum Gasteiger partial charge on any atom is -0.481 e. The van der Waals surface area contributed by atoms with Crippen LogP contribution in [0.25, 0.3) is 10.9 Å². The molecule has 0 radical (unpaired) electrons. The third-order valence-electron chi connectivity index (χ3n) is 18.6. The highest BCUT2D eigenvalue weighted by Gasteiger charge is 2.42. The van der Waals surface area contributed by atoms with E-state index >= 15 is 0 Å². The van der Waals surface area contributed by atoms with Crippen molar-refractivity contribution in [3.8, 4) is 0 Å². The average Bonchev–Trinajstić information content (AvgIpc) is 1.54. The van der Waals surface area contributed by atoms with Crippen LogP contribution in [0.15, 0.2) is 54.7 Å². The van der Waals surface area contributed by atoms with Gasteiger partial charge in [-0.15, -0.1) is 0 Å². The van der Waals surface area contributed by atoms with E-state index in [1.165, 1.54) is 24.3 Å². The molecule has 45 heteroatoms. The monoisotopic (exact) mass is 1690 g/mol. The van der Waals surface area contributed by atoms with E-state index in [1.54, 1.807) is 30.5 Å². The Morgan fingerprint density at radius 3 is 1.60 bits per heavy atom. The van der Waals surface area contributed by atoms with Gasteiger partial charge in [0.05, 0.1) is 58.2 Å². The first kappa shape index (κ1) is 99.1. The highest BCUT2D eigenvalue weighted by Crippen LogP contribution is 2.22. The second-order valence-electron chi connectivity index (χ2n) is 28.9. The molecule has 1 saturated heterocycles. The van der Waals surface area contributed by atoms with Crippen LogP contribution in [0, 0.1) is 11.8 Å². The second-order valence-corrected chi connectivity index (χ2v) is 28.9. The number of aliphatic carboxylic acids is 4. The number of hydrogen-bond donors (Lipinski definition) is 23. The number of ketones is 1. The number of para-hydroxylation sites is 2. The zero-order chi connectivity index (χ0) is 89.6. The molecule has 15 amide bonds. The van der Waals surface area contributed by atoms with Gasteiger partial charge in [-0.2, -0.15) is 0 Å². The van der Waals surface area contributed by atoms with Crippen LogP contribution in [-0.4, -0.2) is 254 Å². The summed E-state index contributed by atoms with van der Waals surface area (Å²) in [6, 6.07) is -11.6. The number of amides is 15. The Hall–Kier alpha value is -13.2. The van der Waals surface area contributed by atoms with E-state index in [2.05, 4.69) is 66.7 Å². The van der Waals surface area contributed by atoms with Crippen LogP contribution in [-0.2, 0) is 107 Å². The van der Waals surface area contributed by atoms with Gasteiger partial charge in [-0.1, -0.05) is 89.6 Å². The molecule has 1 aliphatic rings. The van der Waals surface area contributed by atoms with Crippen LogP contribution in [0.4, 0.5) is 5.69 Å². The van der Waals surface area contributed by atoms with Crippen molar-refractivity contribution in [1.82, 2.24) is 74.1 Å². The Labute approximate surface area is 686 Å². The number of rotatable bonds is 38. The van der Waals surface area contributed by atoms with Gasteiger partial charge in [-0.3, -0.25) is 95.9 Å². The molecule has 1 aliphatic heterocycles. The smallest absolute Gasteiger partial charge is 0.329 e. The summed E-state index contributed by atoms with van der Waals surface area (Å²) in [7, 11) is 0. The maximum atomic E-state index is 14.9. The molecule has 0 spiro atoms. The lowest BCUT2D eigenvalue weighted by Gasteiger charge is -2.30. The van der Waals surface area contributed by atoms with E-state index in [1.807, 2.05) is 21.3 Å². The summed E-state index contributed by atoms with van der Waals surface area (Å²) in [4.78, 5) is 290. The molecule has 27 N–H and O–H groups in total. The molecule has 13 atom stereocenters. The third-order valence-corrected chi connectivity index (χ3v) is 18.6. The topological polar surface area (TPSA) is 745 Å². The summed E-state index contributed by atoms with van der Waals surface area (Å²) >= 11 is 0. The van der Waals surface area contributed by atoms with Crippen molar-refractivity contribution in [3.05, 3.63) is 65.9 Å². The number of nitrogens with one attached hydrogen (secondary N) is 14. The fraction of sp³-hybridized carbons (Fsp3) is 0.533. The largest absolute Gasteiger partial charge is 0.481 e. The van der Waals surface area contributed by atoms with Crippen LogP contribution < -0.4 is 92.1 Å². The number of carboxylic acid groups (broad SMARTS) is 4. The molecule has 0 saturated carbocycles. The highest BCUT2D eigenvalue weighted by atomic mass is 16.5. The van der Waals surface area contributed by atoms with Crippen LogP contribution in [0.5, 0.6) is 0 Å². The van der Waals surface area contributed by atoms with Crippen molar-refractivity contribution < 1.29 is 131 Å². The number of fused-ring (bicyclic) bond motifs is 1. The minimum absolute atomic E-state index is 0.0301. The van der Waals surface area contributed by atoms with Gasteiger partial charge in [-0.05, 0) is 68.3 Å². The van der Waals surface area contributed by atoms with Gasteiger partial charge in [-0.25, -0.2) is 4.79 Å². The molecular weight excluding hydrogens is 1580 g/mol. The van der Waals surface area contributed by atoms with Gasteiger partial charge in [0.1, 0.15) is 72.6 Å². The zero-order valence-corrected chi connectivity index (χ0v) is 66.4. The van der Waals surface area contributed by atoms with Crippen molar-refractivity contribution in [2.45, 2.75) is 216 Å². The van der Waals surface area contributed by atoms with Gasteiger partial charge < -0.3 is 127 Å². The van der Waals surface area contributed by atoms with E-state index in [9.17, 15) is 126 Å². The van der Waals surface area contributed by atoms with Gasteiger partial charge >= 0.3 is 29.8 Å². The Morgan fingerprint density at radius 2 is 1.03 bits per heavy atom. The van der Waals surface area contributed by atoms with Gasteiger partial charge in [0.15, 0.2) is 5.78 Å². The summed E-state index contributed by atoms with van der Waals surface area (Å²) in [5.41, 5.74) is 23.4. The minimum atomic E-state index is -2.48. The number of nitrogens with two attached hydrogens (primary N) is 4. The van der Waals surface area contributed by atoms with Crippen LogP contribution in [0.3, 0.4) is 0 Å². The predicted octanol–water partition coefficient (Wildman–Crippen LogP) is -6.13. The standard InChI is InChI=1S/C75H106N18O27/c1-36(2)16-9-7-5-6-8-10-22-56(98)84-45(25-39-32-80-43-20-14-12-17-40(39)43)67(111)86-47(28-55(79)97)69(113)90-50(31-62(107)108)71(115)93-64-38(4)120-75(119)51(26-53(95)41-18-11-13-19-42(41)77)91-74(118)63(37(3)24-59(101)102)92-72(116)52(35-94)85-58(100)33-81-65(109)48(29-60(103)104)88-68(112)46(27-54(78)96)87-70(114)49(30-61(105)106)89-66(110)44(21-15-23-76)83-57(99)34-82-73(64)117/h11-14,17-20,32,36-38,44-52,63-64,80,94H,5-10,15-16,21-31,33-35,76-77H2,1-4H3,(H2,78,96)(H2,79,97)(H,81,109)(H,82,117)(H,83,99)(H,84,98)(H,85,100)(H,86,111)(H,87,114)(H,88,112)(H,89,110)(H,90,113)(H,91,118)(H,92,116)(H,93,115)(H,101,102)(H,103,104)(H,105,106)(H,107,108). The van der Waals surface area contributed by atoms with Crippen molar-refractivity contribution in [2.24, 2.45) is 29.0 Å². The molecule has 4 rings (SSSR count). The number of aliphatic hydroxyl groups excluding tert-OH is 1. The van der Waals surface area contributed by atoms with E-state index in [-0.39, 0.29) is 37.1 Å². The molecular formula is C75H106N18O27. The number of ether oxygens (including phenoxy) is 1. The third kappa shape index (κ3) is 34.5. The number of aromatic nitrogens is 1. The maximum absolute atomic E-state index is 14.9. The summed E-state index contributed by atoms with van der Waals surface area (Å²) in [6.07, 6.45) is -3.98. The quantitative estimate of drug-likeness (QED) is 0.0110. The molecule has 1 aromatic heterocycles. The lowest BCUT2D eigenvalue weighted by Crippen LogP contribution is -2.62. The molecule has 2 heterocycles. The number of esters is 1. The fourth-order valence-electron chi connectivity index (χ4n) is 12.3. The molecule has 658 valence electrons. The van der Waals surface area contributed by atoms with E-state index in [0.29, 0.717) is 35.2 Å². The van der Waals surface area contributed by atoms with Crippen LogP contribution >= 0.6 is 0 Å². The molecule has 3 aromatic rings. The molecule has 2 aromatic carbocycles. The number of Topliss-reactive ketones (excluding diaryl/α,β-unsaturated/α-hetero) is 1. The van der Waals surface area contributed by atoms with Crippen molar-refractivity contribution >= 4 is 141 Å². The summed E-state index contributed by atoms with van der Waals surface area (Å²) in [5.74, 6) is -31.7. The number of H-pyrrole nitrogens is 1. The number of carboxylic acids is 4. The number of benzene rings is 2. The number of cyclic esters (lactones) is 1. The number of unbranched alkanes of at least 4 members (excludes halogenated alkanes) is 5. The Balaban J connectivity index is 1.89. The van der Waals surface area contributed by atoms with Gasteiger partial charge in [0.25, 0.3) is 0 Å². The number of primary amides is 2. The first-order chi connectivity index (χ1) is 56.6. The summed E-state index contributed by atoms with van der Waals surface area (Å²) in [6.45, 7) is 2.09. The number of carbonyl (C=O) groups is 21. The van der Waals surface area contributed by atoms with Crippen molar-refractivity contribution in [2.75, 3.05) is 32.0 Å². The number of aromatic amines is 1. The molecule has 45 nitrogen and oxygen atoms in total. The van der Waals surface area contributed by atoms with Crippen molar-refractivity contribution in [1.29, 1.82) is 0 Å². The van der Waals surface area contributed by atoms with Gasteiger partial charge in [0, 0.05) is 47.6 Å². The number of carbonyl (C=O) groups excluding carboxylic acids is 17. The van der Waals surface area contributed by atoms with Crippen LogP contribution in [0.1, 0.15) is 153 Å². The lowest BCUT2D eigenvalue weighted by atomic mass is 9.96. The molecule has 0 aliphatic carbocycles. The molecule has 0 bridgehead atoms. The first-order valence-electron chi connectivity index (χ1n) is 38.4. The van der Waals surface area contributed by atoms with E-state index in [4.69, 9.17) is 27.7 Å². The van der Waals surface area contributed by atoms with E-state index < -0.39 is 274 Å². The second kappa shape index (κ2) is 49.7. The summed E-state index contributed by atoms with van der Waals surface area (Å²) in [5, 5.41) is 78.4. The Morgan fingerprint density at radius 1 is 0.517 bits per heavy atom. The molecule has 13 unspecified atom stereocenters.